The second-order valence-electron chi connectivity index (χ2n) is 24.3. The summed E-state index contributed by atoms with van der Waals surface area (Å²) in [5, 5.41) is 48.4. The van der Waals surface area contributed by atoms with E-state index in [0.29, 0.717) is 5.46 Å². The minimum Gasteiger partial charge on any atom is -0.455 e. The van der Waals surface area contributed by atoms with Crippen molar-refractivity contribution in [1.29, 1.82) is 0 Å². The Morgan fingerprint density at radius 3 is 0.979 bits per heavy atom. The van der Waals surface area contributed by atoms with Gasteiger partial charge >= 0.3 is 7.12 Å². The SMILES string of the molecule is Brc1ccc2c(c1)oc1c3ccccc3c3ccccc3c21.C.OB(O)c1c2ccccc2c(-c2cccc3ccccc23)c2ccccc12.c1ccc2c(-c3c4ccccc4c(-c4ccc5c(c4)oc4c6ccccc6c6ccccc6c54)c4ccccc34)cccc2c1. The summed E-state index contributed by atoms with van der Waals surface area (Å²) in [5.41, 5.74) is 11.5. The van der Waals surface area contributed by atoms with Gasteiger partial charge in [-0.15, -0.1) is 0 Å². The van der Waals surface area contributed by atoms with E-state index in [1.807, 2.05) is 48.5 Å². The molecule has 95 heavy (non-hydrogen) atoms. The zero-order valence-electron chi connectivity index (χ0n) is 50.7. The average molecular weight is 1280 g/mol. The van der Waals surface area contributed by atoms with Crippen molar-refractivity contribution in [3.63, 3.8) is 0 Å². The van der Waals surface area contributed by atoms with Crippen LogP contribution in [0.1, 0.15) is 7.43 Å². The van der Waals surface area contributed by atoms with Gasteiger partial charge in [-0.05, 0) is 166 Å². The van der Waals surface area contributed by atoms with Gasteiger partial charge in [-0.2, -0.15) is 0 Å². The van der Waals surface area contributed by atoms with Crippen molar-refractivity contribution in [2.45, 2.75) is 7.43 Å². The summed E-state index contributed by atoms with van der Waals surface area (Å²) < 4.78 is 14.1. The number of benzene rings is 18. The Balaban J connectivity index is 0.000000117. The molecular weight excluding hydrogens is 1220 g/mol. The maximum atomic E-state index is 10.1. The molecule has 0 aliphatic carbocycles. The minimum atomic E-state index is -1.53. The van der Waals surface area contributed by atoms with Crippen molar-refractivity contribution < 1.29 is 18.9 Å². The van der Waals surface area contributed by atoms with Gasteiger partial charge in [-0.1, -0.05) is 308 Å². The van der Waals surface area contributed by atoms with Gasteiger partial charge in [0.05, 0.1) is 0 Å². The molecule has 2 heterocycles. The molecule has 18 aromatic carbocycles. The van der Waals surface area contributed by atoms with Crippen LogP contribution in [0.5, 0.6) is 0 Å². The van der Waals surface area contributed by atoms with E-state index in [-0.39, 0.29) is 7.43 Å². The van der Waals surface area contributed by atoms with E-state index in [0.717, 1.165) is 75.8 Å². The van der Waals surface area contributed by atoms with Crippen LogP contribution >= 0.6 is 15.9 Å². The van der Waals surface area contributed by atoms with Crippen molar-refractivity contribution in [3.8, 4) is 33.4 Å². The summed E-state index contributed by atoms with van der Waals surface area (Å²) in [6.45, 7) is 0. The van der Waals surface area contributed by atoms with Crippen molar-refractivity contribution >= 4 is 180 Å². The molecule has 2 aromatic heterocycles. The molecule has 0 unspecified atom stereocenters. The van der Waals surface area contributed by atoms with Crippen LogP contribution < -0.4 is 5.46 Å². The molecule has 0 radical (unpaired) electrons. The lowest BCUT2D eigenvalue weighted by Crippen LogP contribution is -2.31. The minimum absolute atomic E-state index is 0. The van der Waals surface area contributed by atoms with E-state index in [1.165, 1.54) is 114 Å². The number of halogens is 1. The van der Waals surface area contributed by atoms with Gasteiger partial charge in [-0.3, -0.25) is 0 Å². The largest absolute Gasteiger partial charge is 0.489 e. The second kappa shape index (κ2) is 23.3. The van der Waals surface area contributed by atoms with E-state index in [1.54, 1.807) is 0 Å². The fourth-order valence-corrected chi connectivity index (χ4v) is 15.6. The molecule has 6 heteroatoms. The first-order valence-corrected chi connectivity index (χ1v) is 32.6. The van der Waals surface area contributed by atoms with Gasteiger partial charge in [-0.25, -0.2) is 0 Å². The quantitative estimate of drug-likeness (QED) is 0.105. The normalized spacial score (nSPS) is 11.7. The summed E-state index contributed by atoms with van der Waals surface area (Å²) in [6.07, 6.45) is 0. The summed E-state index contributed by atoms with van der Waals surface area (Å²) in [4.78, 5) is 0. The molecule has 0 saturated heterocycles. The van der Waals surface area contributed by atoms with Gasteiger partial charge in [0, 0.05) is 36.8 Å². The molecule has 0 spiro atoms. The van der Waals surface area contributed by atoms with Crippen LogP contribution in [0.15, 0.2) is 329 Å². The number of fused-ring (bicyclic) bond motifs is 22. The summed E-state index contributed by atoms with van der Waals surface area (Å²) in [6, 6.07) is 111. The van der Waals surface area contributed by atoms with E-state index < -0.39 is 7.12 Å². The van der Waals surface area contributed by atoms with E-state index in [4.69, 9.17) is 8.83 Å². The van der Waals surface area contributed by atoms with Crippen molar-refractivity contribution in [3.05, 3.63) is 320 Å². The third kappa shape index (κ3) is 9.28. The van der Waals surface area contributed by atoms with Crippen LogP contribution in [-0.2, 0) is 0 Å². The first-order chi connectivity index (χ1) is 46.4. The lowest BCUT2D eigenvalue weighted by atomic mass is 9.72. The Morgan fingerprint density at radius 2 is 0.558 bits per heavy atom. The smallest absolute Gasteiger partial charge is 0.455 e. The van der Waals surface area contributed by atoms with Crippen molar-refractivity contribution in [2.75, 3.05) is 0 Å². The standard InChI is InChI=1S/C44H26O.C24H17BO2.C20H11BrO.CH4/c1-2-14-29-27(12-1)13-11-23-32(29)42-36-20-8-6-18-34(36)41(35-19-7-9-21-37(35)42)28-24-25-39-40(26-28)45-44-38-22-10-4-16-31(38)30-15-3-5-17-33(30)43(39)44;26-25(27)24-21-13-5-3-11-19(21)23(20-12-4-6-14-22(20)24)18-15-7-9-16-8-1-2-10-17(16)18;21-12-9-10-17-18(11-12)22-20-16-8-4-2-6-14(16)13-5-1-3-7-15(13)19(17)20;/h1-26H;1-15,26-27H;1-11H;1H4. The van der Waals surface area contributed by atoms with E-state index in [2.05, 4.69) is 283 Å². The molecule has 0 aliphatic heterocycles. The first kappa shape index (κ1) is 57.5. The maximum Gasteiger partial charge on any atom is 0.489 e. The Bertz CT molecular complexity index is 6370. The number of hydrogen-bond donors (Lipinski definition) is 2. The third-order valence-electron chi connectivity index (χ3n) is 19.2. The molecule has 0 bridgehead atoms. The molecule has 4 nitrogen and oxygen atoms in total. The van der Waals surface area contributed by atoms with Gasteiger partial charge in [0.1, 0.15) is 22.3 Å². The van der Waals surface area contributed by atoms with Crippen LogP contribution in [0, 0.1) is 0 Å². The Hall–Kier alpha value is -11.4. The van der Waals surface area contributed by atoms with Crippen LogP contribution in [0.25, 0.3) is 185 Å². The van der Waals surface area contributed by atoms with Crippen LogP contribution in [-0.4, -0.2) is 17.2 Å². The highest BCUT2D eigenvalue weighted by molar-refractivity contribution is 9.10. The molecule has 2 N–H and O–H groups in total. The predicted octanol–water partition coefficient (Wildman–Crippen LogP) is 24.5. The lowest BCUT2D eigenvalue weighted by Gasteiger charge is -2.18. The van der Waals surface area contributed by atoms with E-state index in [9.17, 15) is 10.0 Å². The zero-order chi connectivity index (χ0) is 62.5. The highest BCUT2D eigenvalue weighted by Gasteiger charge is 2.25. The molecule has 20 aromatic rings. The highest BCUT2D eigenvalue weighted by Crippen LogP contribution is 2.49. The summed E-state index contributed by atoms with van der Waals surface area (Å²) in [5.74, 6) is 0. The Kier molecular flexibility index (Phi) is 14.1. The molecule has 0 aliphatic rings. The van der Waals surface area contributed by atoms with Crippen molar-refractivity contribution in [2.24, 2.45) is 0 Å². The molecular formula is C89H58BBrO4. The third-order valence-corrected chi connectivity index (χ3v) is 19.7. The lowest BCUT2D eigenvalue weighted by molar-refractivity contribution is 0.426. The van der Waals surface area contributed by atoms with Crippen LogP contribution in [0.3, 0.4) is 0 Å². The summed E-state index contributed by atoms with van der Waals surface area (Å²) in [7, 11) is -1.53. The van der Waals surface area contributed by atoms with Gasteiger partial charge < -0.3 is 18.9 Å². The monoisotopic (exact) mass is 1280 g/mol. The molecule has 0 fully saturated rings. The maximum absolute atomic E-state index is 10.1. The Morgan fingerprint density at radius 1 is 0.253 bits per heavy atom. The molecule has 0 amide bonds. The van der Waals surface area contributed by atoms with Gasteiger partial charge in [0.15, 0.2) is 0 Å². The molecule has 0 atom stereocenters. The number of rotatable bonds is 4. The number of hydrogen-bond acceptors (Lipinski definition) is 4. The zero-order valence-corrected chi connectivity index (χ0v) is 52.3. The van der Waals surface area contributed by atoms with Gasteiger partial charge in [0.25, 0.3) is 0 Å². The Labute approximate surface area is 556 Å². The van der Waals surface area contributed by atoms with Gasteiger partial charge in [0.2, 0.25) is 0 Å². The fraction of sp³-hybridized carbons (Fsp3) is 0.0112. The first-order valence-electron chi connectivity index (χ1n) is 31.8. The molecule has 20 rings (SSSR count). The molecule has 0 saturated carbocycles. The number of furan rings is 2. The van der Waals surface area contributed by atoms with Crippen LogP contribution in [0.2, 0.25) is 0 Å². The highest BCUT2D eigenvalue weighted by atomic mass is 79.9. The average Bonchev–Trinajstić information content (AvgIpc) is 1.73. The molecule has 448 valence electrons. The van der Waals surface area contributed by atoms with Crippen molar-refractivity contribution in [1.82, 2.24) is 0 Å². The fourth-order valence-electron chi connectivity index (χ4n) is 15.3. The predicted molar refractivity (Wildman–Crippen MR) is 410 cm³/mol. The van der Waals surface area contributed by atoms with Crippen LogP contribution in [0.4, 0.5) is 0 Å². The summed E-state index contributed by atoms with van der Waals surface area (Å²) >= 11 is 3.53. The topological polar surface area (TPSA) is 66.7 Å². The second-order valence-corrected chi connectivity index (χ2v) is 25.2. The van der Waals surface area contributed by atoms with E-state index >= 15 is 0 Å².